The lowest BCUT2D eigenvalue weighted by atomic mass is 10.1. The van der Waals surface area contributed by atoms with Gasteiger partial charge in [0.05, 0.1) is 25.2 Å². The Kier molecular flexibility index (Phi) is 6.19. The van der Waals surface area contributed by atoms with E-state index >= 15 is 0 Å². The van der Waals surface area contributed by atoms with Crippen LogP contribution in [-0.4, -0.2) is 52.8 Å². The lowest BCUT2D eigenvalue weighted by molar-refractivity contribution is -0.123. The molecule has 1 aliphatic rings. The molecule has 2 aromatic rings. The van der Waals surface area contributed by atoms with E-state index in [1.807, 2.05) is 12.1 Å². The topological polar surface area (TPSA) is 70.2 Å². The van der Waals surface area contributed by atoms with E-state index in [2.05, 4.69) is 51.6 Å². The smallest absolute Gasteiger partial charge is 0.226 e. The van der Waals surface area contributed by atoms with Crippen molar-refractivity contribution in [1.82, 2.24) is 20.4 Å². The van der Waals surface area contributed by atoms with Crippen molar-refractivity contribution in [2.75, 3.05) is 19.7 Å². The van der Waals surface area contributed by atoms with Crippen LogP contribution in [0.3, 0.4) is 0 Å². The minimum Gasteiger partial charge on any atom is -0.373 e. The Morgan fingerprint density at radius 2 is 2.24 bits per heavy atom. The van der Waals surface area contributed by atoms with Crippen LogP contribution >= 0.6 is 0 Å². The zero-order valence-corrected chi connectivity index (χ0v) is 14.6. The highest BCUT2D eigenvalue weighted by Gasteiger charge is 2.28. The number of H-pyrrole nitrogens is 1. The Labute approximate surface area is 148 Å². The molecule has 2 heterocycles. The van der Waals surface area contributed by atoms with Gasteiger partial charge in [0.2, 0.25) is 5.91 Å². The zero-order valence-electron chi connectivity index (χ0n) is 14.6. The molecule has 2 atom stereocenters. The molecule has 1 aliphatic heterocycles. The molecule has 0 bridgehead atoms. The van der Waals surface area contributed by atoms with Crippen LogP contribution in [0.4, 0.5) is 0 Å². The lowest BCUT2D eigenvalue weighted by Gasteiger charge is -2.37. The number of rotatable bonds is 7. The summed E-state index contributed by atoms with van der Waals surface area (Å²) in [5, 5.41) is 9.82. The van der Waals surface area contributed by atoms with Crippen molar-refractivity contribution >= 4 is 5.91 Å². The van der Waals surface area contributed by atoms with Gasteiger partial charge in [-0.1, -0.05) is 37.3 Å². The summed E-state index contributed by atoms with van der Waals surface area (Å²) in [6.07, 6.45) is 2.84. The minimum absolute atomic E-state index is 0.000108. The molecule has 2 N–H and O–H groups in total. The third-order valence-corrected chi connectivity index (χ3v) is 4.57. The first kappa shape index (κ1) is 17.6. The molecule has 6 nitrogen and oxygen atoms in total. The number of aromatic amines is 1. The first-order chi connectivity index (χ1) is 12.2. The van der Waals surface area contributed by atoms with Gasteiger partial charge in [0.15, 0.2) is 0 Å². The van der Waals surface area contributed by atoms with Gasteiger partial charge >= 0.3 is 0 Å². The van der Waals surface area contributed by atoms with Gasteiger partial charge in [-0.2, -0.15) is 5.10 Å². The lowest BCUT2D eigenvalue weighted by Crippen LogP contribution is -2.53. The molecule has 0 spiro atoms. The Hall–Kier alpha value is -2.18. The predicted octanol–water partition coefficient (Wildman–Crippen LogP) is 1.75. The summed E-state index contributed by atoms with van der Waals surface area (Å²) in [6, 6.07) is 12.3. The van der Waals surface area contributed by atoms with Crippen LogP contribution in [0, 0.1) is 0 Å². The standard InChI is InChI=1S/C19H26N4O2/c1-2-17(21-19(24)12-16-8-9-20-22-16)18-14-23(10-11-25-18)13-15-6-4-3-5-7-15/h3-9,17-18H,2,10-14H2,1H3,(H,20,22)(H,21,24)/t17-,18-/m0/s1. The monoisotopic (exact) mass is 342 g/mol. The average Bonchev–Trinajstić information content (AvgIpc) is 3.13. The van der Waals surface area contributed by atoms with Crippen molar-refractivity contribution in [3.63, 3.8) is 0 Å². The summed E-state index contributed by atoms with van der Waals surface area (Å²) in [6.45, 7) is 5.45. The fourth-order valence-electron chi connectivity index (χ4n) is 3.23. The summed E-state index contributed by atoms with van der Waals surface area (Å²) in [5.41, 5.74) is 2.13. The molecule has 0 radical (unpaired) electrons. The normalized spacial score (nSPS) is 19.5. The zero-order chi connectivity index (χ0) is 17.5. The Balaban J connectivity index is 1.53. The van der Waals surface area contributed by atoms with Crippen LogP contribution in [0.5, 0.6) is 0 Å². The van der Waals surface area contributed by atoms with Gasteiger partial charge < -0.3 is 10.1 Å². The maximum atomic E-state index is 12.3. The summed E-state index contributed by atoms with van der Waals surface area (Å²) in [7, 11) is 0. The van der Waals surface area contributed by atoms with E-state index in [1.54, 1.807) is 6.20 Å². The van der Waals surface area contributed by atoms with Crippen LogP contribution in [0.1, 0.15) is 24.6 Å². The van der Waals surface area contributed by atoms with E-state index in [-0.39, 0.29) is 18.1 Å². The molecule has 1 aromatic heterocycles. The van der Waals surface area contributed by atoms with Crippen molar-refractivity contribution in [1.29, 1.82) is 0 Å². The number of nitrogens with zero attached hydrogens (tertiary/aromatic N) is 2. The third kappa shape index (κ3) is 5.14. The van der Waals surface area contributed by atoms with Crippen molar-refractivity contribution in [2.45, 2.75) is 38.5 Å². The number of morpholine rings is 1. The van der Waals surface area contributed by atoms with E-state index in [0.29, 0.717) is 13.0 Å². The van der Waals surface area contributed by atoms with Crippen molar-refractivity contribution < 1.29 is 9.53 Å². The van der Waals surface area contributed by atoms with Gasteiger partial charge in [-0.15, -0.1) is 0 Å². The largest absolute Gasteiger partial charge is 0.373 e. The SMILES string of the molecule is CC[C@H](NC(=O)Cc1ccn[nH]1)[C@@H]1CN(Cc2ccccc2)CCO1. The number of amides is 1. The fraction of sp³-hybridized carbons (Fsp3) is 0.474. The Morgan fingerprint density at radius 3 is 2.96 bits per heavy atom. The molecule has 134 valence electrons. The van der Waals surface area contributed by atoms with E-state index in [1.165, 1.54) is 5.56 Å². The van der Waals surface area contributed by atoms with E-state index in [4.69, 9.17) is 4.74 Å². The Bertz CT molecular complexity index is 645. The second kappa shape index (κ2) is 8.78. The number of ether oxygens (including phenoxy) is 1. The highest BCUT2D eigenvalue weighted by Crippen LogP contribution is 2.14. The molecule has 1 fully saturated rings. The van der Waals surface area contributed by atoms with Gasteiger partial charge in [0.1, 0.15) is 0 Å². The molecular weight excluding hydrogens is 316 g/mol. The summed E-state index contributed by atoms with van der Waals surface area (Å²) >= 11 is 0. The minimum atomic E-state index is -0.000108. The molecule has 3 rings (SSSR count). The van der Waals surface area contributed by atoms with Crippen LogP contribution in [0.2, 0.25) is 0 Å². The molecule has 1 saturated heterocycles. The van der Waals surface area contributed by atoms with Gasteiger partial charge in [0.25, 0.3) is 0 Å². The predicted molar refractivity (Wildman–Crippen MR) is 96.0 cm³/mol. The van der Waals surface area contributed by atoms with E-state index in [0.717, 1.165) is 31.7 Å². The van der Waals surface area contributed by atoms with Crippen molar-refractivity contribution in [2.24, 2.45) is 0 Å². The maximum absolute atomic E-state index is 12.3. The number of aromatic nitrogens is 2. The first-order valence-electron chi connectivity index (χ1n) is 8.90. The van der Waals surface area contributed by atoms with Gasteiger partial charge in [-0.3, -0.25) is 14.8 Å². The molecule has 0 saturated carbocycles. The molecule has 1 aromatic carbocycles. The molecule has 6 heteroatoms. The Morgan fingerprint density at radius 1 is 1.40 bits per heavy atom. The number of hydrogen-bond acceptors (Lipinski definition) is 4. The fourth-order valence-corrected chi connectivity index (χ4v) is 3.23. The van der Waals surface area contributed by atoms with Crippen LogP contribution in [0.25, 0.3) is 0 Å². The van der Waals surface area contributed by atoms with Crippen LogP contribution in [-0.2, 0) is 22.5 Å². The first-order valence-corrected chi connectivity index (χ1v) is 8.90. The average molecular weight is 342 g/mol. The summed E-state index contributed by atoms with van der Waals surface area (Å²) in [4.78, 5) is 14.7. The number of nitrogens with one attached hydrogen (secondary N) is 2. The third-order valence-electron chi connectivity index (χ3n) is 4.57. The van der Waals surface area contributed by atoms with E-state index < -0.39 is 0 Å². The maximum Gasteiger partial charge on any atom is 0.226 e. The molecular formula is C19H26N4O2. The van der Waals surface area contributed by atoms with E-state index in [9.17, 15) is 4.79 Å². The molecule has 0 aliphatic carbocycles. The molecule has 25 heavy (non-hydrogen) atoms. The second-order valence-corrected chi connectivity index (χ2v) is 6.47. The summed E-state index contributed by atoms with van der Waals surface area (Å²) < 4.78 is 5.96. The van der Waals surface area contributed by atoms with Gasteiger partial charge in [-0.05, 0) is 18.1 Å². The number of hydrogen-bond donors (Lipinski definition) is 2. The van der Waals surface area contributed by atoms with Crippen LogP contribution in [0.15, 0.2) is 42.6 Å². The van der Waals surface area contributed by atoms with Crippen LogP contribution < -0.4 is 5.32 Å². The molecule has 1 amide bonds. The number of benzene rings is 1. The number of carbonyl (C=O) groups is 1. The number of carbonyl (C=O) groups excluding carboxylic acids is 1. The van der Waals surface area contributed by atoms with Gasteiger partial charge in [0, 0.05) is 31.5 Å². The highest BCUT2D eigenvalue weighted by molar-refractivity contribution is 5.78. The quantitative estimate of drug-likeness (QED) is 0.804. The molecule has 0 unspecified atom stereocenters. The highest BCUT2D eigenvalue weighted by atomic mass is 16.5. The van der Waals surface area contributed by atoms with Crippen molar-refractivity contribution in [3.05, 3.63) is 53.9 Å². The van der Waals surface area contributed by atoms with Crippen molar-refractivity contribution in [3.8, 4) is 0 Å². The summed E-state index contributed by atoms with van der Waals surface area (Å²) in [5.74, 6) is -0.000108. The van der Waals surface area contributed by atoms with Gasteiger partial charge in [-0.25, -0.2) is 0 Å². The second-order valence-electron chi connectivity index (χ2n) is 6.47.